The molecule has 0 fully saturated rings. The average Bonchev–Trinajstić information content (AvgIpc) is 3.10. The van der Waals surface area contributed by atoms with Gasteiger partial charge in [-0.25, -0.2) is 9.97 Å². The van der Waals surface area contributed by atoms with Crippen LogP contribution >= 0.6 is 0 Å². The van der Waals surface area contributed by atoms with E-state index in [9.17, 15) is 4.79 Å². The lowest BCUT2D eigenvalue weighted by atomic mass is 10.1. The van der Waals surface area contributed by atoms with Gasteiger partial charge in [-0.05, 0) is 24.1 Å². The van der Waals surface area contributed by atoms with Crippen molar-refractivity contribution in [3.05, 3.63) is 78.0 Å². The lowest BCUT2D eigenvalue weighted by molar-refractivity contribution is -0.120. The quantitative estimate of drug-likeness (QED) is 0.787. The number of imidazole rings is 1. The highest BCUT2D eigenvalue weighted by molar-refractivity contribution is 5.78. The number of carbonyl (C=O) groups is 1. The number of nitrogens with one attached hydrogen (secondary N) is 1. The van der Waals surface area contributed by atoms with Crippen LogP contribution in [0.3, 0.4) is 0 Å². The summed E-state index contributed by atoms with van der Waals surface area (Å²) in [6.45, 7) is 2.51. The van der Waals surface area contributed by atoms with Gasteiger partial charge in [0.05, 0.1) is 6.42 Å². The van der Waals surface area contributed by atoms with Crippen LogP contribution in [0.4, 0.5) is 0 Å². The summed E-state index contributed by atoms with van der Waals surface area (Å²) >= 11 is 0. The van der Waals surface area contributed by atoms with Crippen LogP contribution in [0.1, 0.15) is 16.7 Å². The Morgan fingerprint density at radius 3 is 2.57 bits per heavy atom. The Labute approximate surface area is 135 Å². The molecule has 116 valence electrons. The number of carbonyl (C=O) groups excluding carboxylic acids is 1. The molecule has 5 nitrogen and oxygen atoms in total. The van der Waals surface area contributed by atoms with Crippen molar-refractivity contribution in [3.63, 3.8) is 0 Å². The van der Waals surface area contributed by atoms with E-state index in [4.69, 9.17) is 0 Å². The lowest BCUT2D eigenvalue weighted by Gasteiger charge is -2.07. The van der Waals surface area contributed by atoms with E-state index in [2.05, 4.69) is 15.3 Å². The highest BCUT2D eigenvalue weighted by Gasteiger charge is 2.04. The number of nitrogens with zero attached hydrogens (tertiary/aromatic N) is 3. The molecule has 3 aromatic rings. The van der Waals surface area contributed by atoms with Crippen molar-refractivity contribution >= 4 is 5.91 Å². The minimum atomic E-state index is 0.00698. The smallest absolute Gasteiger partial charge is 0.224 e. The van der Waals surface area contributed by atoms with Crippen molar-refractivity contribution in [2.24, 2.45) is 0 Å². The standard InChI is InChI=1S/C18H18N4O/c1-14-2-4-15(5-3-14)10-18(23)21-12-16-6-7-17(20-11-16)22-9-8-19-13-22/h2-9,11,13H,10,12H2,1H3,(H,21,23). The van der Waals surface area contributed by atoms with Gasteiger partial charge in [0.1, 0.15) is 12.1 Å². The zero-order valence-electron chi connectivity index (χ0n) is 12.9. The minimum Gasteiger partial charge on any atom is -0.352 e. The van der Waals surface area contributed by atoms with Crippen LogP contribution in [0, 0.1) is 6.92 Å². The van der Waals surface area contributed by atoms with Crippen molar-refractivity contribution in [3.8, 4) is 5.82 Å². The monoisotopic (exact) mass is 306 g/mol. The molecule has 0 bridgehead atoms. The van der Waals surface area contributed by atoms with Crippen LogP contribution in [0.25, 0.3) is 5.82 Å². The molecule has 0 aliphatic rings. The van der Waals surface area contributed by atoms with Crippen LogP contribution in [-0.4, -0.2) is 20.4 Å². The normalized spacial score (nSPS) is 10.5. The second-order valence-electron chi connectivity index (χ2n) is 5.43. The van der Waals surface area contributed by atoms with Crippen LogP contribution in [0.2, 0.25) is 0 Å². The maximum atomic E-state index is 12.0. The number of benzene rings is 1. The summed E-state index contributed by atoms with van der Waals surface area (Å²) in [6, 6.07) is 11.9. The van der Waals surface area contributed by atoms with Crippen molar-refractivity contribution < 1.29 is 4.79 Å². The maximum Gasteiger partial charge on any atom is 0.224 e. The molecule has 0 aliphatic carbocycles. The number of amides is 1. The summed E-state index contributed by atoms with van der Waals surface area (Å²) in [4.78, 5) is 20.3. The Morgan fingerprint density at radius 1 is 1.13 bits per heavy atom. The first-order valence-electron chi connectivity index (χ1n) is 7.46. The summed E-state index contributed by atoms with van der Waals surface area (Å²) in [5.41, 5.74) is 3.17. The Morgan fingerprint density at radius 2 is 1.91 bits per heavy atom. The molecule has 2 heterocycles. The molecule has 0 saturated heterocycles. The number of hydrogen-bond donors (Lipinski definition) is 1. The number of aromatic nitrogens is 3. The largest absolute Gasteiger partial charge is 0.352 e. The van der Waals surface area contributed by atoms with Gasteiger partial charge in [0.2, 0.25) is 5.91 Å². The highest BCUT2D eigenvalue weighted by atomic mass is 16.1. The fourth-order valence-corrected chi connectivity index (χ4v) is 2.22. The molecule has 5 heteroatoms. The van der Waals surface area contributed by atoms with Gasteiger partial charge in [0, 0.05) is 25.1 Å². The van der Waals surface area contributed by atoms with E-state index in [0.29, 0.717) is 13.0 Å². The summed E-state index contributed by atoms with van der Waals surface area (Å²) in [7, 11) is 0. The van der Waals surface area contributed by atoms with Gasteiger partial charge < -0.3 is 5.32 Å². The van der Waals surface area contributed by atoms with Gasteiger partial charge in [-0.2, -0.15) is 0 Å². The zero-order valence-corrected chi connectivity index (χ0v) is 12.9. The minimum absolute atomic E-state index is 0.00698. The van der Waals surface area contributed by atoms with Crippen molar-refractivity contribution in [1.82, 2.24) is 19.9 Å². The molecule has 0 radical (unpaired) electrons. The molecule has 0 spiro atoms. The average molecular weight is 306 g/mol. The molecule has 0 atom stereocenters. The van der Waals surface area contributed by atoms with E-state index >= 15 is 0 Å². The van der Waals surface area contributed by atoms with Crippen LogP contribution in [0.5, 0.6) is 0 Å². The first-order chi connectivity index (χ1) is 11.2. The number of hydrogen-bond acceptors (Lipinski definition) is 3. The van der Waals surface area contributed by atoms with E-state index < -0.39 is 0 Å². The van der Waals surface area contributed by atoms with Gasteiger partial charge in [0.25, 0.3) is 0 Å². The number of aryl methyl sites for hydroxylation is 1. The third-order valence-electron chi connectivity index (χ3n) is 3.55. The molecule has 0 saturated carbocycles. The summed E-state index contributed by atoms with van der Waals surface area (Å²) in [5.74, 6) is 0.810. The van der Waals surface area contributed by atoms with Gasteiger partial charge in [0.15, 0.2) is 0 Å². The second-order valence-corrected chi connectivity index (χ2v) is 5.43. The van der Waals surface area contributed by atoms with E-state index in [0.717, 1.165) is 16.9 Å². The number of rotatable bonds is 5. The molecule has 1 N–H and O–H groups in total. The molecule has 2 aromatic heterocycles. The summed E-state index contributed by atoms with van der Waals surface area (Å²) < 4.78 is 1.83. The molecular formula is C18H18N4O. The highest BCUT2D eigenvalue weighted by Crippen LogP contribution is 2.06. The van der Waals surface area contributed by atoms with E-state index in [-0.39, 0.29) is 5.91 Å². The number of pyridine rings is 1. The van der Waals surface area contributed by atoms with Gasteiger partial charge >= 0.3 is 0 Å². The van der Waals surface area contributed by atoms with Gasteiger partial charge in [-0.3, -0.25) is 9.36 Å². The predicted octanol–water partition coefficient (Wildman–Crippen LogP) is 2.43. The predicted molar refractivity (Wildman–Crippen MR) is 88.1 cm³/mol. The fourth-order valence-electron chi connectivity index (χ4n) is 2.22. The molecule has 0 aliphatic heterocycles. The summed E-state index contributed by atoms with van der Waals surface area (Å²) in [6.07, 6.45) is 7.40. The fraction of sp³-hybridized carbons (Fsp3) is 0.167. The molecule has 0 unspecified atom stereocenters. The Hall–Kier alpha value is -2.95. The van der Waals surface area contributed by atoms with Gasteiger partial charge in [-0.15, -0.1) is 0 Å². The third kappa shape index (κ3) is 4.03. The molecular weight excluding hydrogens is 288 g/mol. The molecule has 1 aromatic carbocycles. The Kier molecular flexibility index (Phi) is 4.47. The van der Waals surface area contributed by atoms with Crippen LogP contribution in [-0.2, 0) is 17.8 Å². The van der Waals surface area contributed by atoms with Crippen molar-refractivity contribution in [1.29, 1.82) is 0 Å². The SMILES string of the molecule is Cc1ccc(CC(=O)NCc2ccc(-n3ccnc3)nc2)cc1. The zero-order chi connectivity index (χ0) is 16.1. The maximum absolute atomic E-state index is 12.0. The topological polar surface area (TPSA) is 59.8 Å². The summed E-state index contributed by atoms with van der Waals surface area (Å²) in [5, 5.41) is 2.92. The van der Waals surface area contributed by atoms with E-state index in [1.807, 2.05) is 54.1 Å². The Balaban J connectivity index is 1.53. The van der Waals surface area contributed by atoms with Gasteiger partial charge in [-0.1, -0.05) is 35.9 Å². The lowest BCUT2D eigenvalue weighted by Crippen LogP contribution is -2.24. The van der Waals surface area contributed by atoms with E-state index in [1.54, 1.807) is 18.7 Å². The second kappa shape index (κ2) is 6.87. The molecule has 1 amide bonds. The molecule has 23 heavy (non-hydrogen) atoms. The van der Waals surface area contributed by atoms with Crippen molar-refractivity contribution in [2.75, 3.05) is 0 Å². The first kappa shape index (κ1) is 15.0. The first-order valence-corrected chi connectivity index (χ1v) is 7.46. The Bertz CT molecular complexity index is 762. The van der Waals surface area contributed by atoms with Crippen LogP contribution < -0.4 is 5.32 Å². The van der Waals surface area contributed by atoms with E-state index in [1.165, 1.54) is 5.56 Å². The molecule has 3 rings (SSSR count). The third-order valence-corrected chi connectivity index (χ3v) is 3.55. The van der Waals surface area contributed by atoms with Crippen LogP contribution in [0.15, 0.2) is 61.3 Å². The van der Waals surface area contributed by atoms with Crippen molar-refractivity contribution in [2.45, 2.75) is 19.9 Å².